The molecule has 1 aromatic heterocycles. The third-order valence-corrected chi connectivity index (χ3v) is 4.02. The molecular weight excluding hydrogens is 272 g/mol. The molecule has 0 aliphatic rings. The van der Waals surface area contributed by atoms with Crippen molar-refractivity contribution < 1.29 is 9.47 Å². The Balaban J connectivity index is 2.54. The van der Waals surface area contributed by atoms with Gasteiger partial charge in [-0.2, -0.15) is 0 Å². The van der Waals surface area contributed by atoms with E-state index < -0.39 is 0 Å². The average Bonchev–Trinajstić information content (AvgIpc) is 2.85. The van der Waals surface area contributed by atoms with E-state index >= 15 is 0 Å². The van der Waals surface area contributed by atoms with E-state index in [0.29, 0.717) is 0 Å². The van der Waals surface area contributed by atoms with E-state index in [4.69, 9.17) is 9.47 Å². The Hall–Kier alpha value is -1.56. The second-order valence-electron chi connectivity index (χ2n) is 4.07. The Morgan fingerprint density at radius 2 is 1.95 bits per heavy atom. The minimum Gasteiger partial charge on any atom is -0.366 e. The third kappa shape index (κ3) is 2.80. The molecule has 0 aliphatic heterocycles. The van der Waals surface area contributed by atoms with E-state index in [-0.39, 0.29) is 11.7 Å². The third-order valence-electron chi connectivity index (χ3n) is 2.91. The van der Waals surface area contributed by atoms with Crippen molar-refractivity contribution >= 4 is 22.8 Å². The lowest BCUT2D eigenvalue weighted by Crippen LogP contribution is -2.11. The number of aromatic nitrogens is 2. The Morgan fingerprint density at radius 1 is 1.20 bits per heavy atom. The van der Waals surface area contributed by atoms with E-state index in [9.17, 15) is 0 Å². The first-order valence-corrected chi connectivity index (χ1v) is 7.07. The van der Waals surface area contributed by atoms with Crippen LogP contribution in [0.2, 0.25) is 0 Å². The van der Waals surface area contributed by atoms with Crippen molar-refractivity contribution in [2.75, 3.05) is 14.2 Å². The van der Waals surface area contributed by atoms with Gasteiger partial charge in [0, 0.05) is 14.2 Å². The summed E-state index contributed by atoms with van der Waals surface area (Å²) in [5.74, 6) is 0. The summed E-state index contributed by atoms with van der Waals surface area (Å²) in [6, 6.07) is 7.93. The summed E-state index contributed by atoms with van der Waals surface area (Å²) in [5, 5.41) is 0.810. The number of fused-ring (bicyclic) bond motifs is 1. The predicted molar refractivity (Wildman–Crippen MR) is 82.8 cm³/mol. The summed E-state index contributed by atoms with van der Waals surface area (Å²) in [6.07, 6.45) is 3.21. The van der Waals surface area contributed by atoms with Crippen molar-refractivity contribution in [2.24, 2.45) is 0 Å². The van der Waals surface area contributed by atoms with Crippen molar-refractivity contribution in [3.05, 3.63) is 49.6 Å². The molecule has 0 saturated carbocycles. The molecule has 1 heterocycles. The van der Waals surface area contributed by atoms with Crippen LogP contribution in [0.15, 0.2) is 54.7 Å². The first kappa shape index (κ1) is 14.8. The van der Waals surface area contributed by atoms with E-state index in [0.717, 1.165) is 16.2 Å². The van der Waals surface area contributed by atoms with Crippen molar-refractivity contribution in [2.45, 2.75) is 16.8 Å². The number of nitrogens with zero attached hydrogens (tertiary/aromatic N) is 2. The predicted octanol–water partition coefficient (Wildman–Crippen LogP) is 3.62. The quantitative estimate of drug-likeness (QED) is 0.443. The summed E-state index contributed by atoms with van der Waals surface area (Å²) < 4.78 is 12.8. The number of para-hydroxylation sites is 2. The van der Waals surface area contributed by atoms with Gasteiger partial charge in [0.1, 0.15) is 5.44 Å². The Labute approximate surface area is 123 Å². The summed E-state index contributed by atoms with van der Waals surface area (Å²) in [6.45, 7) is 7.58. The fourth-order valence-electron chi connectivity index (χ4n) is 1.95. The van der Waals surface area contributed by atoms with E-state index in [2.05, 4.69) is 18.1 Å². The zero-order chi connectivity index (χ0) is 14.5. The molecule has 4 nitrogen and oxygen atoms in total. The van der Waals surface area contributed by atoms with Gasteiger partial charge in [0.2, 0.25) is 0 Å². The van der Waals surface area contributed by atoms with E-state index in [1.807, 2.05) is 28.8 Å². The molecule has 0 saturated heterocycles. The lowest BCUT2D eigenvalue weighted by atomic mass is 10.3. The second-order valence-corrected chi connectivity index (χ2v) is 5.14. The minimum absolute atomic E-state index is 0.159. The van der Waals surface area contributed by atoms with Gasteiger partial charge in [0.25, 0.3) is 0 Å². The molecule has 1 aromatic carbocycles. The molecule has 0 radical (unpaired) electrons. The maximum Gasteiger partial charge on any atom is 0.174 e. The Bertz CT molecular complexity index is 609. The van der Waals surface area contributed by atoms with Gasteiger partial charge in [0.05, 0.1) is 11.0 Å². The topological polar surface area (TPSA) is 36.3 Å². The lowest BCUT2D eigenvalue weighted by Gasteiger charge is -2.17. The number of rotatable bonds is 7. The fraction of sp³-hybridized carbons (Fsp3) is 0.267. The van der Waals surface area contributed by atoms with Crippen LogP contribution >= 0.6 is 11.8 Å². The molecule has 20 heavy (non-hydrogen) atoms. The van der Waals surface area contributed by atoms with Crippen molar-refractivity contribution in [3.8, 4) is 0 Å². The smallest absolute Gasteiger partial charge is 0.174 e. The first-order chi connectivity index (χ1) is 9.74. The van der Waals surface area contributed by atoms with Crippen molar-refractivity contribution in [1.29, 1.82) is 0 Å². The maximum absolute atomic E-state index is 5.47. The Morgan fingerprint density at radius 3 is 2.55 bits per heavy atom. The van der Waals surface area contributed by atoms with Gasteiger partial charge in [-0.15, -0.1) is 0 Å². The zero-order valence-electron chi connectivity index (χ0n) is 11.7. The van der Waals surface area contributed by atoms with Gasteiger partial charge in [-0.1, -0.05) is 43.1 Å². The van der Waals surface area contributed by atoms with Crippen LogP contribution in [0, 0.1) is 0 Å². The average molecular weight is 290 g/mol. The number of hydrogen-bond acceptors (Lipinski definition) is 4. The second kappa shape index (κ2) is 6.74. The monoisotopic (exact) mass is 290 g/mol. The highest BCUT2D eigenvalue weighted by Gasteiger charge is 2.19. The van der Waals surface area contributed by atoms with Gasteiger partial charge >= 0.3 is 0 Å². The largest absolute Gasteiger partial charge is 0.366 e. The first-order valence-electron chi connectivity index (χ1n) is 6.19. The zero-order valence-corrected chi connectivity index (χ0v) is 12.5. The van der Waals surface area contributed by atoms with Crippen molar-refractivity contribution in [3.63, 3.8) is 0 Å². The van der Waals surface area contributed by atoms with Crippen molar-refractivity contribution in [1.82, 2.24) is 9.55 Å². The number of thioether (sulfide) groups is 1. The molecule has 0 N–H and O–H groups in total. The van der Waals surface area contributed by atoms with Crippen LogP contribution < -0.4 is 0 Å². The molecule has 2 atom stereocenters. The number of ether oxygens (including phenoxy) is 2. The standard InChI is InChI=1S/C15H18N2O2S/c1-5-13(18-3)17-12-10-8-7-9-11(12)16-15(17)20-14(6-2)19-4/h5-10,13-14H,1-2H2,3-4H3. The summed E-state index contributed by atoms with van der Waals surface area (Å²) >= 11 is 1.48. The summed E-state index contributed by atoms with van der Waals surface area (Å²) in [5.41, 5.74) is 1.76. The Kier molecular flexibility index (Phi) is 5.00. The van der Waals surface area contributed by atoms with Gasteiger partial charge in [-0.05, 0) is 18.2 Å². The molecule has 0 spiro atoms. The van der Waals surface area contributed by atoms with Gasteiger partial charge in [-0.25, -0.2) is 4.98 Å². The van der Waals surface area contributed by atoms with Crippen LogP contribution in [0.4, 0.5) is 0 Å². The molecule has 5 heteroatoms. The van der Waals surface area contributed by atoms with E-state index in [1.165, 1.54) is 11.8 Å². The number of imidazole rings is 1. The molecule has 0 bridgehead atoms. The summed E-state index contributed by atoms with van der Waals surface area (Å²) in [4.78, 5) is 4.64. The number of methoxy groups -OCH3 is 2. The molecule has 2 aromatic rings. The molecule has 106 valence electrons. The summed E-state index contributed by atoms with van der Waals surface area (Å²) in [7, 11) is 3.30. The molecule has 0 fully saturated rings. The number of hydrogen-bond donors (Lipinski definition) is 0. The molecule has 0 aliphatic carbocycles. The molecule has 2 unspecified atom stereocenters. The maximum atomic E-state index is 5.47. The molecule has 2 rings (SSSR count). The minimum atomic E-state index is -0.271. The molecular formula is C15H18N2O2S. The van der Waals surface area contributed by atoms with Crippen LogP contribution in [0.25, 0.3) is 11.0 Å². The molecule has 0 amide bonds. The lowest BCUT2D eigenvalue weighted by molar-refractivity contribution is 0.0816. The van der Waals surface area contributed by atoms with Gasteiger partial charge < -0.3 is 9.47 Å². The number of benzene rings is 1. The van der Waals surface area contributed by atoms with Crippen LogP contribution in [0.3, 0.4) is 0 Å². The SMILES string of the molecule is C=CC(OC)Sc1nc2ccccc2n1C(C=C)OC. The normalized spacial score (nSPS) is 14.1. The van der Waals surface area contributed by atoms with E-state index in [1.54, 1.807) is 26.4 Å². The van der Waals surface area contributed by atoms with Gasteiger partial charge in [-0.3, -0.25) is 4.57 Å². The van der Waals surface area contributed by atoms with Crippen LogP contribution in [0.1, 0.15) is 6.23 Å². The highest BCUT2D eigenvalue weighted by molar-refractivity contribution is 7.99. The van der Waals surface area contributed by atoms with Gasteiger partial charge in [0.15, 0.2) is 11.4 Å². The highest BCUT2D eigenvalue weighted by Crippen LogP contribution is 2.31. The highest BCUT2D eigenvalue weighted by atomic mass is 32.2. The van der Waals surface area contributed by atoms with Crippen LogP contribution in [0.5, 0.6) is 0 Å². The fourth-order valence-corrected chi connectivity index (χ4v) is 2.82. The van der Waals surface area contributed by atoms with Crippen LogP contribution in [-0.2, 0) is 9.47 Å². The van der Waals surface area contributed by atoms with Crippen LogP contribution in [-0.4, -0.2) is 29.2 Å².